The van der Waals surface area contributed by atoms with Gasteiger partial charge in [-0.1, -0.05) is 47.7 Å². The summed E-state index contributed by atoms with van der Waals surface area (Å²) in [5.41, 5.74) is 5.56. The van der Waals surface area contributed by atoms with E-state index in [9.17, 15) is 4.79 Å². The molecule has 2 heterocycles. The summed E-state index contributed by atoms with van der Waals surface area (Å²) in [6, 6.07) is 22.3. The number of aromatic nitrogens is 3. The Balaban J connectivity index is 1.53. The third-order valence-electron chi connectivity index (χ3n) is 6.32. The molecule has 5 rings (SSSR count). The standard InChI is InChI=1S/C29H30N4O3S/c1-35-18-8-16-30-29-32-23-13-6-12-22(26(23)37-29)27-31-24-19-21(28(34)36-2)14-15-25(24)33(27)17-7-11-20-9-4-3-5-10-20/h3-6,9-10,12-15,19H,7-8,11,16-18H2,1-2H3,(H,30,32). The number of fused-ring (bicyclic) bond motifs is 2. The lowest BCUT2D eigenvalue weighted by Gasteiger charge is -2.10. The molecular weight excluding hydrogens is 484 g/mol. The van der Waals surface area contributed by atoms with Crippen molar-refractivity contribution >= 4 is 43.7 Å². The normalized spacial score (nSPS) is 11.3. The number of anilines is 1. The number of hydrogen-bond acceptors (Lipinski definition) is 7. The first kappa shape index (κ1) is 24.9. The zero-order valence-corrected chi connectivity index (χ0v) is 21.9. The summed E-state index contributed by atoms with van der Waals surface area (Å²) in [4.78, 5) is 22.0. The highest BCUT2D eigenvalue weighted by Crippen LogP contribution is 2.36. The number of carbonyl (C=O) groups is 1. The predicted molar refractivity (Wildman–Crippen MR) is 149 cm³/mol. The second-order valence-corrected chi connectivity index (χ2v) is 9.82. The van der Waals surface area contributed by atoms with Crippen LogP contribution in [0.15, 0.2) is 66.7 Å². The zero-order valence-electron chi connectivity index (χ0n) is 21.1. The van der Waals surface area contributed by atoms with Gasteiger partial charge in [0.15, 0.2) is 5.13 Å². The maximum Gasteiger partial charge on any atom is 0.337 e. The molecule has 0 unspecified atom stereocenters. The largest absolute Gasteiger partial charge is 0.465 e. The smallest absolute Gasteiger partial charge is 0.337 e. The van der Waals surface area contributed by atoms with Gasteiger partial charge < -0.3 is 19.4 Å². The molecule has 0 atom stereocenters. The summed E-state index contributed by atoms with van der Waals surface area (Å²) in [6.07, 6.45) is 2.85. The van der Waals surface area contributed by atoms with Crippen LogP contribution in [0.25, 0.3) is 32.6 Å². The van der Waals surface area contributed by atoms with Gasteiger partial charge in [-0.05, 0) is 55.2 Å². The molecule has 0 fully saturated rings. The van der Waals surface area contributed by atoms with Crippen molar-refractivity contribution in [3.63, 3.8) is 0 Å². The molecule has 0 saturated heterocycles. The van der Waals surface area contributed by atoms with E-state index in [1.807, 2.05) is 36.4 Å². The second kappa shape index (κ2) is 11.5. The molecule has 2 aromatic heterocycles. The fraction of sp³-hybridized carbons (Fsp3) is 0.276. The quantitative estimate of drug-likeness (QED) is 0.167. The van der Waals surface area contributed by atoms with Crippen LogP contribution in [-0.4, -0.2) is 47.9 Å². The molecule has 8 heteroatoms. The Morgan fingerprint density at radius 2 is 1.84 bits per heavy atom. The van der Waals surface area contributed by atoms with Gasteiger partial charge in [0.2, 0.25) is 0 Å². The Morgan fingerprint density at radius 1 is 0.973 bits per heavy atom. The number of nitrogens with zero attached hydrogens (tertiary/aromatic N) is 3. The summed E-state index contributed by atoms with van der Waals surface area (Å²) in [5.74, 6) is 0.515. The van der Waals surface area contributed by atoms with Gasteiger partial charge in [-0.25, -0.2) is 14.8 Å². The molecule has 0 spiro atoms. The first-order valence-electron chi connectivity index (χ1n) is 12.4. The highest BCUT2D eigenvalue weighted by Gasteiger charge is 2.18. The third kappa shape index (κ3) is 5.50. The highest BCUT2D eigenvalue weighted by atomic mass is 32.1. The zero-order chi connectivity index (χ0) is 25.6. The number of methoxy groups -OCH3 is 2. The molecule has 7 nitrogen and oxygen atoms in total. The van der Waals surface area contributed by atoms with Gasteiger partial charge in [-0.3, -0.25) is 0 Å². The summed E-state index contributed by atoms with van der Waals surface area (Å²) in [5, 5.41) is 4.30. The van der Waals surface area contributed by atoms with Crippen molar-refractivity contribution in [2.75, 3.05) is 32.7 Å². The van der Waals surface area contributed by atoms with Crippen molar-refractivity contribution in [1.29, 1.82) is 0 Å². The van der Waals surface area contributed by atoms with Crippen LogP contribution in [0.5, 0.6) is 0 Å². The van der Waals surface area contributed by atoms with Crippen LogP contribution in [0.4, 0.5) is 5.13 Å². The average Bonchev–Trinajstić information content (AvgIpc) is 3.52. The topological polar surface area (TPSA) is 78.3 Å². The van der Waals surface area contributed by atoms with Crippen LogP contribution >= 0.6 is 11.3 Å². The lowest BCUT2D eigenvalue weighted by atomic mass is 10.1. The van der Waals surface area contributed by atoms with E-state index in [0.717, 1.165) is 70.1 Å². The molecule has 0 aliphatic carbocycles. The van der Waals surface area contributed by atoms with Crippen molar-refractivity contribution in [3.8, 4) is 11.4 Å². The maximum atomic E-state index is 12.2. The number of nitrogens with one attached hydrogen (secondary N) is 1. The van der Waals surface area contributed by atoms with E-state index >= 15 is 0 Å². The number of imidazole rings is 1. The molecule has 37 heavy (non-hydrogen) atoms. The van der Waals surface area contributed by atoms with E-state index in [2.05, 4.69) is 40.2 Å². The Kier molecular flexibility index (Phi) is 7.77. The molecule has 5 aromatic rings. The lowest BCUT2D eigenvalue weighted by Crippen LogP contribution is -2.03. The van der Waals surface area contributed by atoms with Crippen LogP contribution in [-0.2, 0) is 22.4 Å². The first-order chi connectivity index (χ1) is 18.2. The Bertz CT molecular complexity index is 1510. The SMILES string of the molecule is COCCCNc1nc2cccc(-c3nc4cc(C(=O)OC)ccc4n3CCCc3ccccc3)c2s1. The molecule has 0 aliphatic heterocycles. The van der Waals surface area contributed by atoms with E-state index in [1.54, 1.807) is 18.4 Å². The minimum absolute atomic E-state index is 0.365. The lowest BCUT2D eigenvalue weighted by molar-refractivity contribution is 0.0601. The first-order valence-corrected chi connectivity index (χ1v) is 13.2. The van der Waals surface area contributed by atoms with E-state index in [4.69, 9.17) is 19.4 Å². The van der Waals surface area contributed by atoms with E-state index in [-0.39, 0.29) is 5.97 Å². The van der Waals surface area contributed by atoms with Crippen molar-refractivity contribution in [2.45, 2.75) is 25.8 Å². The molecule has 0 aliphatic rings. The van der Waals surface area contributed by atoms with Crippen molar-refractivity contribution in [2.24, 2.45) is 0 Å². The number of benzene rings is 3. The van der Waals surface area contributed by atoms with Gasteiger partial charge >= 0.3 is 5.97 Å². The van der Waals surface area contributed by atoms with E-state index in [1.165, 1.54) is 12.7 Å². The number of rotatable bonds is 11. The maximum absolute atomic E-state index is 12.2. The summed E-state index contributed by atoms with van der Waals surface area (Å²) in [7, 11) is 3.11. The van der Waals surface area contributed by atoms with Crippen molar-refractivity contribution < 1.29 is 14.3 Å². The van der Waals surface area contributed by atoms with Gasteiger partial charge in [-0.2, -0.15) is 0 Å². The number of hydrogen-bond donors (Lipinski definition) is 1. The molecule has 190 valence electrons. The Labute approximate surface area is 220 Å². The predicted octanol–water partition coefficient (Wildman–Crippen LogP) is 6.18. The number of carbonyl (C=O) groups excluding carboxylic acids is 1. The van der Waals surface area contributed by atoms with Gasteiger partial charge in [0.25, 0.3) is 0 Å². The molecule has 0 radical (unpaired) electrons. The number of esters is 1. The molecule has 0 bridgehead atoms. The summed E-state index contributed by atoms with van der Waals surface area (Å²) in [6.45, 7) is 2.32. The monoisotopic (exact) mass is 514 g/mol. The Morgan fingerprint density at radius 3 is 2.65 bits per heavy atom. The number of ether oxygens (including phenoxy) is 2. The second-order valence-electron chi connectivity index (χ2n) is 8.82. The van der Waals surface area contributed by atoms with Crippen molar-refractivity contribution in [3.05, 3.63) is 77.9 Å². The van der Waals surface area contributed by atoms with Crippen LogP contribution in [0.2, 0.25) is 0 Å². The molecular formula is C29H30N4O3S. The van der Waals surface area contributed by atoms with Crippen molar-refractivity contribution in [1.82, 2.24) is 14.5 Å². The average molecular weight is 515 g/mol. The fourth-order valence-corrected chi connectivity index (χ4v) is 5.50. The number of aryl methyl sites for hydroxylation is 2. The van der Waals surface area contributed by atoms with Gasteiger partial charge in [-0.15, -0.1) is 0 Å². The fourth-order valence-electron chi connectivity index (χ4n) is 4.51. The minimum atomic E-state index is -0.365. The third-order valence-corrected chi connectivity index (χ3v) is 7.38. The number of thiazole rings is 1. The van der Waals surface area contributed by atoms with E-state index < -0.39 is 0 Å². The molecule has 0 amide bonds. The van der Waals surface area contributed by atoms with Crippen LogP contribution in [0.3, 0.4) is 0 Å². The van der Waals surface area contributed by atoms with Gasteiger partial charge in [0.1, 0.15) is 5.82 Å². The van der Waals surface area contributed by atoms with Gasteiger partial charge in [0.05, 0.1) is 33.9 Å². The summed E-state index contributed by atoms with van der Waals surface area (Å²) >= 11 is 1.64. The van der Waals surface area contributed by atoms with Crippen LogP contribution in [0, 0.1) is 0 Å². The van der Waals surface area contributed by atoms with Gasteiger partial charge in [0, 0.05) is 32.4 Å². The molecule has 1 N–H and O–H groups in total. The van der Waals surface area contributed by atoms with Crippen LogP contribution in [0.1, 0.15) is 28.8 Å². The Hall–Kier alpha value is -3.75. The molecule has 0 saturated carbocycles. The van der Waals surface area contributed by atoms with Crippen LogP contribution < -0.4 is 5.32 Å². The molecule has 3 aromatic carbocycles. The highest BCUT2D eigenvalue weighted by molar-refractivity contribution is 7.22. The van der Waals surface area contributed by atoms with E-state index in [0.29, 0.717) is 12.2 Å². The minimum Gasteiger partial charge on any atom is -0.465 e. The summed E-state index contributed by atoms with van der Waals surface area (Å²) < 4.78 is 13.4.